The Morgan fingerprint density at radius 2 is 2.21 bits per heavy atom. The van der Waals surface area contributed by atoms with Crippen molar-refractivity contribution in [3.05, 3.63) is 17.8 Å². The van der Waals surface area contributed by atoms with Gasteiger partial charge in [0.15, 0.2) is 11.5 Å². The summed E-state index contributed by atoms with van der Waals surface area (Å²) in [5.41, 5.74) is 0.288. The normalized spacial score (nSPS) is 10.1. The largest absolute Gasteiger partial charge is 0.354 e. The van der Waals surface area contributed by atoms with Crippen LogP contribution in [0.2, 0.25) is 0 Å². The molecule has 0 saturated heterocycles. The van der Waals surface area contributed by atoms with E-state index in [0.29, 0.717) is 24.7 Å². The molecule has 0 atom stereocenters. The van der Waals surface area contributed by atoms with E-state index in [1.165, 1.54) is 0 Å². The Morgan fingerprint density at radius 1 is 1.47 bits per heavy atom. The first-order valence-electron chi connectivity index (χ1n) is 6.26. The Hall–Kier alpha value is -2.16. The van der Waals surface area contributed by atoms with Crippen LogP contribution in [-0.4, -0.2) is 36.2 Å². The second kappa shape index (κ2) is 7.31. The van der Waals surface area contributed by atoms with Crippen molar-refractivity contribution in [1.29, 1.82) is 5.26 Å². The number of anilines is 1. The van der Waals surface area contributed by atoms with Crippen LogP contribution in [0.15, 0.2) is 12.1 Å². The molecule has 1 N–H and O–H groups in total. The summed E-state index contributed by atoms with van der Waals surface area (Å²) in [6.07, 6.45) is 0.436. The molecule has 1 amide bonds. The summed E-state index contributed by atoms with van der Waals surface area (Å²) in [6, 6.07) is 5.53. The molecule has 6 heteroatoms. The van der Waals surface area contributed by atoms with Crippen molar-refractivity contribution in [2.45, 2.75) is 20.3 Å². The van der Waals surface area contributed by atoms with Crippen LogP contribution in [0, 0.1) is 17.2 Å². The lowest BCUT2D eigenvalue weighted by Crippen LogP contribution is -2.30. The van der Waals surface area contributed by atoms with Gasteiger partial charge in [-0.05, 0) is 18.1 Å². The van der Waals surface area contributed by atoms with E-state index in [1.807, 2.05) is 4.90 Å². The standard InChI is InChI=1S/C13H19N5O/c1-10(2)9-18(8-4-7-14)12-6-5-11(16-17-12)13(19)15-3/h5-6,10H,4,8-9H2,1-3H3,(H,15,19). The highest BCUT2D eigenvalue weighted by molar-refractivity contribution is 5.91. The number of hydrogen-bond donors (Lipinski definition) is 1. The van der Waals surface area contributed by atoms with Gasteiger partial charge in [0.1, 0.15) is 0 Å². The highest BCUT2D eigenvalue weighted by atomic mass is 16.1. The first kappa shape index (κ1) is 14.9. The van der Waals surface area contributed by atoms with Gasteiger partial charge < -0.3 is 10.2 Å². The molecular weight excluding hydrogens is 242 g/mol. The Bertz CT molecular complexity index is 449. The van der Waals surface area contributed by atoms with E-state index in [-0.39, 0.29) is 11.6 Å². The minimum Gasteiger partial charge on any atom is -0.354 e. The number of rotatable bonds is 6. The number of aromatic nitrogens is 2. The van der Waals surface area contributed by atoms with E-state index >= 15 is 0 Å². The van der Waals surface area contributed by atoms with E-state index in [1.54, 1.807) is 19.2 Å². The lowest BCUT2D eigenvalue weighted by Gasteiger charge is -2.24. The predicted molar refractivity (Wildman–Crippen MR) is 72.7 cm³/mol. The van der Waals surface area contributed by atoms with Crippen LogP contribution in [0.5, 0.6) is 0 Å². The summed E-state index contributed by atoms with van der Waals surface area (Å²) >= 11 is 0. The molecule has 0 bridgehead atoms. The topological polar surface area (TPSA) is 81.9 Å². The number of nitrogens with zero attached hydrogens (tertiary/aromatic N) is 4. The maximum Gasteiger partial charge on any atom is 0.271 e. The third-order valence-electron chi connectivity index (χ3n) is 2.51. The van der Waals surface area contributed by atoms with Gasteiger partial charge in [-0.2, -0.15) is 5.26 Å². The summed E-state index contributed by atoms with van der Waals surface area (Å²) in [5.74, 6) is 0.891. The molecular formula is C13H19N5O. The molecule has 102 valence electrons. The third kappa shape index (κ3) is 4.54. The molecule has 0 unspecified atom stereocenters. The fourth-order valence-corrected chi connectivity index (χ4v) is 1.67. The van der Waals surface area contributed by atoms with Gasteiger partial charge in [-0.25, -0.2) is 0 Å². The molecule has 0 aromatic carbocycles. The van der Waals surface area contributed by atoms with Crippen molar-refractivity contribution in [2.75, 3.05) is 25.0 Å². The van der Waals surface area contributed by atoms with E-state index in [0.717, 1.165) is 6.54 Å². The number of hydrogen-bond acceptors (Lipinski definition) is 5. The Balaban J connectivity index is 2.84. The fraction of sp³-hybridized carbons (Fsp3) is 0.538. The summed E-state index contributed by atoms with van der Waals surface area (Å²) < 4.78 is 0. The molecule has 0 fully saturated rings. The van der Waals surface area contributed by atoms with E-state index in [4.69, 9.17) is 5.26 Å². The van der Waals surface area contributed by atoms with Crippen LogP contribution >= 0.6 is 0 Å². The van der Waals surface area contributed by atoms with Gasteiger partial charge in [0.05, 0.1) is 12.5 Å². The predicted octanol–water partition coefficient (Wildman–Crippen LogP) is 1.21. The Morgan fingerprint density at radius 3 is 2.68 bits per heavy atom. The second-order valence-corrected chi connectivity index (χ2v) is 4.60. The molecule has 6 nitrogen and oxygen atoms in total. The highest BCUT2D eigenvalue weighted by Gasteiger charge is 2.12. The van der Waals surface area contributed by atoms with E-state index in [2.05, 4.69) is 35.4 Å². The number of carbonyl (C=O) groups is 1. The summed E-state index contributed by atoms with van der Waals surface area (Å²) in [5, 5.41) is 19.1. The zero-order chi connectivity index (χ0) is 14.3. The van der Waals surface area contributed by atoms with Gasteiger partial charge in [0, 0.05) is 20.1 Å². The van der Waals surface area contributed by atoms with Crippen LogP contribution in [0.25, 0.3) is 0 Å². The zero-order valence-electron chi connectivity index (χ0n) is 11.6. The lowest BCUT2D eigenvalue weighted by atomic mass is 10.2. The van der Waals surface area contributed by atoms with Crippen molar-refractivity contribution in [2.24, 2.45) is 5.92 Å². The molecule has 0 saturated carbocycles. The molecule has 0 spiro atoms. The van der Waals surface area contributed by atoms with Crippen LogP contribution < -0.4 is 10.2 Å². The molecule has 0 aliphatic rings. The van der Waals surface area contributed by atoms with Gasteiger partial charge in [-0.3, -0.25) is 4.79 Å². The molecule has 1 rings (SSSR count). The number of carbonyl (C=O) groups excluding carboxylic acids is 1. The van der Waals surface area contributed by atoms with Crippen LogP contribution in [-0.2, 0) is 0 Å². The Kier molecular flexibility index (Phi) is 5.73. The van der Waals surface area contributed by atoms with Gasteiger partial charge in [0.2, 0.25) is 0 Å². The molecule has 1 aromatic rings. The monoisotopic (exact) mass is 261 g/mol. The lowest BCUT2D eigenvalue weighted by molar-refractivity contribution is 0.0957. The van der Waals surface area contributed by atoms with Gasteiger partial charge >= 0.3 is 0 Å². The minimum absolute atomic E-state index is 0.258. The quantitative estimate of drug-likeness (QED) is 0.832. The molecule has 0 aliphatic carbocycles. The van der Waals surface area contributed by atoms with Gasteiger partial charge in [-0.15, -0.1) is 10.2 Å². The van der Waals surface area contributed by atoms with E-state index in [9.17, 15) is 4.79 Å². The number of nitrogens with one attached hydrogen (secondary N) is 1. The van der Waals surface area contributed by atoms with Gasteiger partial charge in [-0.1, -0.05) is 13.8 Å². The van der Waals surface area contributed by atoms with Crippen molar-refractivity contribution >= 4 is 11.7 Å². The maximum absolute atomic E-state index is 11.4. The average Bonchev–Trinajstić information content (AvgIpc) is 2.42. The average molecular weight is 261 g/mol. The summed E-state index contributed by atoms with van der Waals surface area (Å²) in [7, 11) is 1.55. The molecule has 1 heterocycles. The molecule has 0 radical (unpaired) electrons. The van der Waals surface area contributed by atoms with Crippen molar-refractivity contribution < 1.29 is 4.79 Å². The van der Waals surface area contributed by atoms with Crippen LogP contribution in [0.1, 0.15) is 30.8 Å². The third-order valence-corrected chi connectivity index (χ3v) is 2.51. The number of amides is 1. The van der Waals surface area contributed by atoms with Crippen LogP contribution in [0.4, 0.5) is 5.82 Å². The first-order chi connectivity index (χ1) is 9.08. The first-order valence-corrected chi connectivity index (χ1v) is 6.26. The number of nitriles is 1. The van der Waals surface area contributed by atoms with Gasteiger partial charge in [0.25, 0.3) is 5.91 Å². The van der Waals surface area contributed by atoms with Crippen molar-refractivity contribution in [1.82, 2.24) is 15.5 Å². The zero-order valence-corrected chi connectivity index (χ0v) is 11.6. The minimum atomic E-state index is -0.258. The molecule has 1 aromatic heterocycles. The molecule has 19 heavy (non-hydrogen) atoms. The van der Waals surface area contributed by atoms with Crippen molar-refractivity contribution in [3.63, 3.8) is 0 Å². The highest BCUT2D eigenvalue weighted by Crippen LogP contribution is 2.12. The fourth-order valence-electron chi connectivity index (χ4n) is 1.67. The van der Waals surface area contributed by atoms with Crippen LogP contribution in [0.3, 0.4) is 0 Å². The molecule has 0 aliphatic heterocycles. The summed E-state index contributed by atoms with van der Waals surface area (Å²) in [4.78, 5) is 13.4. The van der Waals surface area contributed by atoms with Crippen molar-refractivity contribution in [3.8, 4) is 6.07 Å². The smallest absolute Gasteiger partial charge is 0.271 e. The summed E-state index contributed by atoms with van der Waals surface area (Å²) in [6.45, 7) is 5.62. The second-order valence-electron chi connectivity index (χ2n) is 4.60. The van der Waals surface area contributed by atoms with E-state index < -0.39 is 0 Å². The SMILES string of the molecule is CNC(=O)c1ccc(N(CCC#N)CC(C)C)nn1. The maximum atomic E-state index is 11.4. The Labute approximate surface area is 113 Å².